The molecule has 2 bridgehead atoms. The third-order valence-corrected chi connectivity index (χ3v) is 4.04. The van der Waals surface area contributed by atoms with E-state index in [2.05, 4.69) is 4.90 Å². The van der Waals surface area contributed by atoms with E-state index in [1.807, 2.05) is 6.07 Å². The molecule has 1 aromatic heterocycles. The number of carboxylic acid groups (broad SMARTS) is 1. The van der Waals surface area contributed by atoms with Crippen LogP contribution in [0.2, 0.25) is 0 Å². The Bertz CT molecular complexity index is 452. The van der Waals surface area contributed by atoms with Crippen molar-refractivity contribution in [2.24, 2.45) is 5.92 Å². The standard InChI is InChI=1S/C13H17NO3/c1-8-4-11(17-12(8)13(15)16)7-14-6-9-2-3-10(14)5-9/h4,9-10H,2-3,5-7H2,1H3,(H,15,16). The van der Waals surface area contributed by atoms with Gasteiger partial charge in [-0.3, -0.25) is 4.90 Å². The first-order valence-electron chi connectivity index (χ1n) is 6.20. The molecule has 1 aromatic rings. The molecule has 2 atom stereocenters. The van der Waals surface area contributed by atoms with Crippen LogP contribution >= 0.6 is 0 Å². The summed E-state index contributed by atoms with van der Waals surface area (Å²) < 4.78 is 5.40. The Hall–Kier alpha value is -1.29. The Balaban J connectivity index is 1.73. The van der Waals surface area contributed by atoms with Crippen LogP contribution in [0.1, 0.15) is 41.1 Å². The molecular weight excluding hydrogens is 218 g/mol. The number of aromatic carboxylic acids is 1. The van der Waals surface area contributed by atoms with Gasteiger partial charge in [-0.1, -0.05) is 0 Å². The van der Waals surface area contributed by atoms with Gasteiger partial charge in [-0.15, -0.1) is 0 Å². The summed E-state index contributed by atoms with van der Waals surface area (Å²) >= 11 is 0. The maximum Gasteiger partial charge on any atom is 0.372 e. The van der Waals surface area contributed by atoms with Crippen LogP contribution in [0.15, 0.2) is 10.5 Å². The van der Waals surface area contributed by atoms with Crippen LogP contribution in [0.25, 0.3) is 0 Å². The third-order valence-electron chi connectivity index (χ3n) is 4.04. The van der Waals surface area contributed by atoms with Gasteiger partial charge < -0.3 is 9.52 Å². The van der Waals surface area contributed by atoms with Crippen molar-refractivity contribution >= 4 is 5.97 Å². The number of rotatable bonds is 3. The molecule has 2 unspecified atom stereocenters. The highest BCUT2D eigenvalue weighted by Gasteiger charge is 2.37. The molecule has 2 fully saturated rings. The Morgan fingerprint density at radius 3 is 2.94 bits per heavy atom. The second kappa shape index (κ2) is 3.88. The van der Waals surface area contributed by atoms with Crippen LogP contribution in [-0.2, 0) is 6.54 Å². The van der Waals surface area contributed by atoms with E-state index in [1.165, 1.54) is 19.3 Å². The second-order valence-electron chi connectivity index (χ2n) is 5.29. The van der Waals surface area contributed by atoms with E-state index >= 15 is 0 Å². The number of hydrogen-bond donors (Lipinski definition) is 1. The molecule has 3 rings (SSSR count). The summed E-state index contributed by atoms with van der Waals surface area (Å²) in [6, 6.07) is 2.55. The average molecular weight is 235 g/mol. The number of carboxylic acids is 1. The fraction of sp³-hybridized carbons (Fsp3) is 0.615. The van der Waals surface area contributed by atoms with Gasteiger partial charge in [-0.25, -0.2) is 4.79 Å². The highest BCUT2D eigenvalue weighted by molar-refractivity contribution is 5.86. The number of piperidine rings is 1. The van der Waals surface area contributed by atoms with Crippen molar-refractivity contribution in [1.82, 2.24) is 4.90 Å². The van der Waals surface area contributed by atoms with E-state index in [4.69, 9.17) is 9.52 Å². The van der Waals surface area contributed by atoms with Crippen molar-refractivity contribution < 1.29 is 14.3 Å². The van der Waals surface area contributed by atoms with Crippen LogP contribution in [0, 0.1) is 12.8 Å². The Morgan fingerprint density at radius 1 is 1.59 bits per heavy atom. The molecule has 1 aliphatic carbocycles. The Morgan fingerprint density at radius 2 is 2.41 bits per heavy atom. The zero-order valence-electron chi connectivity index (χ0n) is 9.98. The van der Waals surface area contributed by atoms with E-state index in [-0.39, 0.29) is 5.76 Å². The summed E-state index contributed by atoms with van der Waals surface area (Å²) in [6.45, 7) is 3.69. The third kappa shape index (κ3) is 1.86. The number of carbonyl (C=O) groups is 1. The van der Waals surface area contributed by atoms with Crippen LogP contribution < -0.4 is 0 Å². The largest absolute Gasteiger partial charge is 0.475 e. The molecule has 0 radical (unpaired) electrons. The first-order chi connectivity index (χ1) is 8.13. The van der Waals surface area contributed by atoms with E-state index in [9.17, 15) is 4.79 Å². The zero-order valence-corrected chi connectivity index (χ0v) is 9.98. The highest BCUT2D eigenvalue weighted by atomic mass is 16.4. The maximum absolute atomic E-state index is 10.9. The van der Waals surface area contributed by atoms with Crippen molar-refractivity contribution in [2.75, 3.05) is 6.54 Å². The summed E-state index contributed by atoms with van der Waals surface area (Å²) in [5.41, 5.74) is 0.719. The van der Waals surface area contributed by atoms with Gasteiger partial charge in [0, 0.05) is 18.2 Å². The van der Waals surface area contributed by atoms with Crippen molar-refractivity contribution in [3.05, 3.63) is 23.2 Å². The minimum atomic E-state index is -0.975. The Labute approximate surface area is 100 Å². The molecule has 4 nitrogen and oxygen atoms in total. The van der Waals surface area contributed by atoms with E-state index in [0.717, 1.165) is 30.3 Å². The maximum atomic E-state index is 10.9. The molecule has 2 heterocycles. The molecule has 2 aliphatic rings. The first kappa shape index (κ1) is 10.8. The predicted octanol–water partition coefficient (Wildman–Crippen LogP) is 2.27. The lowest BCUT2D eigenvalue weighted by molar-refractivity contribution is 0.0656. The number of likely N-dealkylation sites (tertiary alicyclic amines) is 1. The van der Waals surface area contributed by atoms with E-state index in [0.29, 0.717) is 6.04 Å². The van der Waals surface area contributed by atoms with Gasteiger partial charge in [0.25, 0.3) is 0 Å². The molecule has 1 N–H and O–H groups in total. The van der Waals surface area contributed by atoms with Gasteiger partial charge in [0.1, 0.15) is 5.76 Å². The highest BCUT2D eigenvalue weighted by Crippen LogP contribution is 2.38. The van der Waals surface area contributed by atoms with Crippen LogP contribution in [-0.4, -0.2) is 28.6 Å². The molecule has 0 spiro atoms. The fourth-order valence-electron chi connectivity index (χ4n) is 3.26. The quantitative estimate of drug-likeness (QED) is 0.873. The monoisotopic (exact) mass is 235 g/mol. The minimum absolute atomic E-state index is 0.0874. The van der Waals surface area contributed by atoms with Gasteiger partial charge in [0.15, 0.2) is 0 Å². The van der Waals surface area contributed by atoms with Crippen LogP contribution in [0.5, 0.6) is 0 Å². The smallest absolute Gasteiger partial charge is 0.372 e. The number of aryl methyl sites for hydroxylation is 1. The predicted molar refractivity (Wildman–Crippen MR) is 61.9 cm³/mol. The molecule has 92 valence electrons. The van der Waals surface area contributed by atoms with E-state index < -0.39 is 5.97 Å². The SMILES string of the molecule is Cc1cc(CN2CC3CCC2C3)oc1C(=O)O. The van der Waals surface area contributed by atoms with Gasteiger partial charge in [0.05, 0.1) is 6.54 Å². The molecule has 0 aromatic carbocycles. The lowest BCUT2D eigenvalue weighted by Gasteiger charge is -2.25. The van der Waals surface area contributed by atoms with Gasteiger partial charge in [-0.2, -0.15) is 0 Å². The lowest BCUT2D eigenvalue weighted by Crippen LogP contribution is -2.31. The number of fused-ring (bicyclic) bond motifs is 2. The van der Waals surface area contributed by atoms with Crippen LogP contribution in [0.3, 0.4) is 0 Å². The number of nitrogens with zero attached hydrogens (tertiary/aromatic N) is 1. The first-order valence-corrected chi connectivity index (χ1v) is 6.20. The summed E-state index contributed by atoms with van der Waals surface area (Å²) in [4.78, 5) is 13.3. The molecule has 1 saturated heterocycles. The fourth-order valence-corrected chi connectivity index (χ4v) is 3.26. The lowest BCUT2D eigenvalue weighted by atomic mass is 10.1. The van der Waals surface area contributed by atoms with E-state index in [1.54, 1.807) is 6.92 Å². The molecule has 1 saturated carbocycles. The number of hydrogen-bond acceptors (Lipinski definition) is 3. The molecular formula is C13H17NO3. The topological polar surface area (TPSA) is 53.7 Å². The van der Waals surface area contributed by atoms with Crippen molar-refractivity contribution in [1.29, 1.82) is 0 Å². The second-order valence-corrected chi connectivity index (χ2v) is 5.29. The zero-order chi connectivity index (χ0) is 12.0. The Kier molecular flexibility index (Phi) is 2.47. The molecule has 17 heavy (non-hydrogen) atoms. The molecule has 1 aliphatic heterocycles. The molecule has 0 amide bonds. The summed E-state index contributed by atoms with van der Waals surface area (Å²) in [6.07, 6.45) is 3.96. The minimum Gasteiger partial charge on any atom is -0.475 e. The molecule has 4 heteroatoms. The van der Waals surface area contributed by atoms with Crippen molar-refractivity contribution in [3.63, 3.8) is 0 Å². The van der Waals surface area contributed by atoms with Crippen LogP contribution in [0.4, 0.5) is 0 Å². The normalized spacial score (nSPS) is 27.8. The van der Waals surface area contributed by atoms with Gasteiger partial charge in [0.2, 0.25) is 5.76 Å². The average Bonchev–Trinajstić information content (AvgIpc) is 2.93. The van der Waals surface area contributed by atoms with Gasteiger partial charge >= 0.3 is 5.97 Å². The van der Waals surface area contributed by atoms with Crippen molar-refractivity contribution in [3.8, 4) is 0 Å². The van der Waals surface area contributed by atoms with Gasteiger partial charge in [-0.05, 0) is 38.2 Å². The summed E-state index contributed by atoms with van der Waals surface area (Å²) in [5, 5.41) is 8.94. The summed E-state index contributed by atoms with van der Waals surface area (Å²) in [7, 11) is 0. The van der Waals surface area contributed by atoms with Crippen molar-refractivity contribution in [2.45, 2.75) is 38.8 Å². The number of furan rings is 1. The summed E-state index contributed by atoms with van der Waals surface area (Å²) in [5.74, 6) is 0.753.